The zero-order chi connectivity index (χ0) is 20.9. The molecule has 4 rings (SSSR count). The summed E-state index contributed by atoms with van der Waals surface area (Å²) in [7, 11) is 1.74. The molecule has 0 radical (unpaired) electrons. The Labute approximate surface area is 203 Å². The molecule has 0 unspecified atom stereocenters. The van der Waals surface area contributed by atoms with Gasteiger partial charge in [0.1, 0.15) is 5.82 Å². The van der Waals surface area contributed by atoms with Crippen LogP contribution in [0.1, 0.15) is 11.4 Å². The van der Waals surface area contributed by atoms with Crippen molar-refractivity contribution >= 4 is 53.1 Å². The van der Waals surface area contributed by atoms with Crippen molar-refractivity contribution in [2.75, 3.05) is 33.2 Å². The molecule has 1 aliphatic rings. The third-order valence-electron chi connectivity index (χ3n) is 5.13. The van der Waals surface area contributed by atoms with Crippen LogP contribution in [0.4, 0.5) is 0 Å². The summed E-state index contributed by atoms with van der Waals surface area (Å²) in [4.78, 5) is 20.9. The van der Waals surface area contributed by atoms with Gasteiger partial charge >= 0.3 is 0 Å². The maximum atomic E-state index is 12.7. The molecule has 1 fully saturated rings. The van der Waals surface area contributed by atoms with E-state index in [1.54, 1.807) is 7.05 Å². The van der Waals surface area contributed by atoms with Crippen LogP contribution in [-0.2, 0) is 17.8 Å². The fourth-order valence-electron chi connectivity index (χ4n) is 3.55. The van der Waals surface area contributed by atoms with Gasteiger partial charge in [-0.25, -0.2) is 0 Å². The molecule has 3 heterocycles. The van der Waals surface area contributed by atoms with Crippen molar-refractivity contribution in [3.05, 3.63) is 65.1 Å². The maximum absolute atomic E-state index is 12.7. The van der Waals surface area contributed by atoms with E-state index in [-0.39, 0.29) is 29.9 Å². The summed E-state index contributed by atoms with van der Waals surface area (Å²) in [6.45, 7) is 2.93. The van der Waals surface area contributed by atoms with Gasteiger partial charge in [0.15, 0.2) is 11.6 Å². The highest BCUT2D eigenvalue weighted by atomic mass is 127. The number of nitrogens with zero attached hydrogens (tertiary/aromatic N) is 6. The summed E-state index contributed by atoms with van der Waals surface area (Å²) in [6, 6.07) is 13.4. The number of aromatic nitrogens is 3. The first-order chi connectivity index (χ1) is 14.6. The smallest absolute Gasteiger partial charge is 0.242 e. The van der Waals surface area contributed by atoms with Crippen LogP contribution in [0.5, 0.6) is 0 Å². The summed E-state index contributed by atoms with van der Waals surface area (Å²) in [5.74, 6) is 1.70. The van der Waals surface area contributed by atoms with E-state index in [1.165, 1.54) is 0 Å². The molecule has 0 bridgehead atoms. The van der Waals surface area contributed by atoms with Crippen molar-refractivity contribution in [2.24, 2.45) is 4.99 Å². The van der Waals surface area contributed by atoms with Gasteiger partial charge in [0.05, 0.1) is 6.54 Å². The van der Waals surface area contributed by atoms with Crippen LogP contribution >= 0.6 is 35.6 Å². The zero-order valence-corrected chi connectivity index (χ0v) is 20.3. The number of halogens is 2. The highest BCUT2D eigenvalue weighted by Gasteiger charge is 2.26. The second-order valence-corrected chi connectivity index (χ2v) is 7.57. The Morgan fingerprint density at radius 2 is 1.97 bits per heavy atom. The molecule has 164 valence electrons. The van der Waals surface area contributed by atoms with Crippen LogP contribution in [0.3, 0.4) is 0 Å². The molecule has 0 aliphatic carbocycles. The number of rotatable bonds is 5. The number of amides is 1. The second kappa shape index (κ2) is 10.8. The molecule has 0 spiro atoms. The van der Waals surface area contributed by atoms with Crippen LogP contribution in [0, 0.1) is 0 Å². The van der Waals surface area contributed by atoms with Gasteiger partial charge in [0.2, 0.25) is 5.91 Å². The predicted molar refractivity (Wildman–Crippen MR) is 132 cm³/mol. The van der Waals surface area contributed by atoms with Crippen molar-refractivity contribution in [1.29, 1.82) is 0 Å². The fraction of sp³-hybridized carbons (Fsp3) is 0.333. The average Bonchev–Trinajstić information content (AvgIpc) is 3.17. The van der Waals surface area contributed by atoms with Crippen molar-refractivity contribution in [2.45, 2.75) is 13.0 Å². The number of carbonyl (C=O) groups is 1. The second-order valence-electron chi connectivity index (χ2n) is 7.13. The highest BCUT2D eigenvalue weighted by Crippen LogP contribution is 2.13. The first-order valence-electron chi connectivity index (χ1n) is 9.90. The van der Waals surface area contributed by atoms with Gasteiger partial charge in [-0.05, 0) is 29.8 Å². The van der Waals surface area contributed by atoms with E-state index in [9.17, 15) is 4.79 Å². The first-order valence-corrected chi connectivity index (χ1v) is 10.3. The predicted octanol–water partition coefficient (Wildman–Crippen LogP) is 2.46. The largest absolute Gasteiger partial charge is 0.356 e. The van der Waals surface area contributed by atoms with E-state index in [0.717, 1.165) is 29.5 Å². The number of carbonyl (C=O) groups excluding carboxylic acids is 1. The number of aliphatic imine (C=N–C) groups is 1. The molecule has 1 aromatic carbocycles. The number of piperazine rings is 1. The van der Waals surface area contributed by atoms with Gasteiger partial charge in [0, 0.05) is 50.9 Å². The Hall–Kier alpha value is -2.40. The Morgan fingerprint density at radius 1 is 1.16 bits per heavy atom. The quantitative estimate of drug-likeness (QED) is 0.298. The number of nitrogens with one attached hydrogen (secondary N) is 1. The van der Waals surface area contributed by atoms with E-state index >= 15 is 0 Å². The summed E-state index contributed by atoms with van der Waals surface area (Å²) < 4.78 is 1.98. The topological polar surface area (TPSA) is 78.1 Å². The molecule has 1 amide bonds. The fourth-order valence-corrected chi connectivity index (χ4v) is 3.67. The molecule has 1 N–H and O–H groups in total. The molecular formula is C21H25ClIN7O. The van der Waals surface area contributed by atoms with Gasteiger partial charge in [-0.2, -0.15) is 0 Å². The summed E-state index contributed by atoms with van der Waals surface area (Å²) in [5.41, 5.74) is 1.91. The molecule has 2 aromatic heterocycles. The lowest BCUT2D eigenvalue weighted by molar-refractivity contribution is -0.135. The van der Waals surface area contributed by atoms with Gasteiger partial charge in [-0.15, -0.1) is 34.2 Å². The SMILES string of the molecule is CN=C(NCCc1nnc2ccccn12)N1CCN(Cc2ccc(Cl)cc2)C(=O)C1.I. The minimum atomic E-state index is 0. The van der Waals surface area contributed by atoms with Crippen molar-refractivity contribution in [3.8, 4) is 0 Å². The molecule has 0 saturated carbocycles. The minimum Gasteiger partial charge on any atom is -0.356 e. The third-order valence-corrected chi connectivity index (χ3v) is 5.38. The van der Waals surface area contributed by atoms with Crippen molar-refractivity contribution in [1.82, 2.24) is 29.7 Å². The Balaban J connectivity index is 0.00000272. The van der Waals surface area contributed by atoms with Gasteiger partial charge in [-0.1, -0.05) is 29.8 Å². The summed E-state index contributed by atoms with van der Waals surface area (Å²) in [6.07, 6.45) is 2.66. The highest BCUT2D eigenvalue weighted by molar-refractivity contribution is 14.0. The number of pyridine rings is 1. The normalized spacial score (nSPS) is 14.6. The standard InChI is InChI=1S/C21H24ClN7O.HI/c1-23-21(24-10-9-19-26-25-18-4-2-3-11-29(18)19)28-13-12-27(20(30)15-28)14-16-5-7-17(22)8-6-16;/h2-8,11H,9-10,12-15H2,1H3,(H,23,24);1H. The summed E-state index contributed by atoms with van der Waals surface area (Å²) >= 11 is 5.94. The van der Waals surface area contributed by atoms with E-state index in [2.05, 4.69) is 20.5 Å². The third kappa shape index (κ3) is 5.65. The van der Waals surface area contributed by atoms with Crippen LogP contribution in [0.2, 0.25) is 5.02 Å². The average molecular weight is 554 g/mol. The number of fused-ring (bicyclic) bond motifs is 1. The maximum Gasteiger partial charge on any atom is 0.242 e. The van der Waals surface area contributed by atoms with E-state index < -0.39 is 0 Å². The zero-order valence-electron chi connectivity index (χ0n) is 17.2. The number of hydrogen-bond donors (Lipinski definition) is 1. The van der Waals surface area contributed by atoms with Gasteiger partial charge in [0.25, 0.3) is 0 Å². The number of guanidine groups is 1. The summed E-state index contributed by atoms with van der Waals surface area (Å²) in [5, 5.41) is 12.5. The lowest BCUT2D eigenvalue weighted by atomic mass is 10.2. The monoisotopic (exact) mass is 553 g/mol. The van der Waals surface area contributed by atoms with Gasteiger partial charge < -0.3 is 15.1 Å². The molecule has 10 heteroatoms. The van der Waals surface area contributed by atoms with E-state index in [4.69, 9.17) is 11.6 Å². The lowest BCUT2D eigenvalue weighted by Crippen LogP contribution is -2.55. The molecule has 0 atom stereocenters. The van der Waals surface area contributed by atoms with Gasteiger partial charge in [-0.3, -0.25) is 14.2 Å². The van der Waals surface area contributed by atoms with Crippen molar-refractivity contribution < 1.29 is 4.79 Å². The number of hydrogen-bond acceptors (Lipinski definition) is 4. The Bertz CT molecular complexity index is 1050. The van der Waals surface area contributed by atoms with E-state index in [0.29, 0.717) is 37.6 Å². The Kier molecular flexibility index (Phi) is 8.08. The number of benzene rings is 1. The van der Waals surface area contributed by atoms with Crippen LogP contribution in [-0.4, -0.2) is 69.5 Å². The van der Waals surface area contributed by atoms with Crippen molar-refractivity contribution in [3.63, 3.8) is 0 Å². The minimum absolute atomic E-state index is 0. The molecular weight excluding hydrogens is 529 g/mol. The molecule has 8 nitrogen and oxygen atoms in total. The van der Waals surface area contributed by atoms with Crippen LogP contribution in [0.15, 0.2) is 53.7 Å². The van der Waals surface area contributed by atoms with Crippen LogP contribution in [0.25, 0.3) is 5.65 Å². The van der Waals surface area contributed by atoms with Crippen LogP contribution < -0.4 is 5.32 Å². The molecule has 31 heavy (non-hydrogen) atoms. The molecule has 1 saturated heterocycles. The first kappa shape index (κ1) is 23.3. The lowest BCUT2D eigenvalue weighted by Gasteiger charge is -2.36. The molecule has 3 aromatic rings. The Morgan fingerprint density at radius 3 is 2.71 bits per heavy atom. The van der Waals surface area contributed by atoms with E-state index in [1.807, 2.05) is 62.9 Å². The molecule has 1 aliphatic heterocycles.